The van der Waals surface area contributed by atoms with Crippen molar-refractivity contribution in [3.63, 3.8) is 0 Å². The van der Waals surface area contributed by atoms with Crippen LogP contribution in [0.4, 0.5) is 23.4 Å². The lowest BCUT2D eigenvalue weighted by molar-refractivity contribution is -0.148. The molecule has 0 aliphatic carbocycles. The molecule has 108 valence electrons. The molecule has 0 aliphatic rings. The third-order valence-corrected chi connectivity index (χ3v) is 2.32. The van der Waals surface area contributed by atoms with E-state index in [1.54, 1.807) is 6.92 Å². The van der Waals surface area contributed by atoms with Gasteiger partial charge < -0.3 is 10.1 Å². The van der Waals surface area contributed by atoms with E-state index in [1.165, 1.54) is 0 Å². The Balaban J connectivity index is 2.86. The Morgan fingerprint density at radius 1 is 1.32 bits per heavy atom. The second-order valence-corrected chi connectivity index (χ2v) is 3.74. The number of halogens is 4. The summed E-state index contributed by atoms with van der Waals surface area (Å²) in [5.74, 6) is -3.85. The van der Waals surface area contributed by atoms with Crippen LogP contribution in [0.15, 0.2) is 6.33 Å². The standard InChI is InChI=1S/C11H15F4N3O/c1-3-7-8(16-4-2)17-6-18-9(7)19-5-11(14,15)10(12)13/h6,10H,3-5H2,1-2H3,(H,16,17,18). The van der Waals surface area contributed by atoms with E-state index in [0.29, 0.717) is 24.3 Å². The molecule has 0 spiro atoms. The van der Waals surface area contributed by atoms with Gasteiger partial charge in [-0.1, -0.05) is 6.92 Å². The first-order valence-corrected chi connectivity index (χ1v) is 5.78. The first kappa shape index (κ1) is 15.5. The number of nitrogens with one attached hydrogen (secondary N) is 1. The van der Waals surface area contributed by atoms with Crippen molar-refractivity contribution in [1.29, 1.82) is 0 Å². The smallest absolute Gasteiger partial charge is 0.340 e. The molecular formula is C11H15F4N3O. The second kappa shape index (κ2) is 6.53. The van der Waals surface area contributed by atoms with E-state index in [-0.39, 0.29) is 5.88 Å². The summed E-state index contributed by atoms with van der Waals surface area (Å²) in [5, 5.41) is 2.92. The molecule has 0 saturated heterocycles. The summed E-state index contributed by atoms with van der Waals surface area (Å²) in [7, 11) is 0. The van der Waals surface area contributed by atoms with E-state index in [4.69, 9.17) is 4.74 Å². The van der Waals surface area contributed by atoms with Crippen LogP contribution in [0.5, 0.6) is 5.88 Å². The van der Waals surface area contributed by atoms with Crippen LogP contribution in [0, 0.1) is 0 Å². The monoisotopic (exact) mass is 281 g/mol. The maximum Gasteiger partial charge on any atom is 0.340 e. The van der Waals surface area contributed by atoms with Crippen LogP contribution in [-0.4, -0.2) is 35.5 Å². The van der Waals surface area contributed by atoms with E-state index in [0.717, 1.165) is 6.33 Å². The molecule has 0 unspecified atom stereocenters. The van der Waals surface area contributed by atoms with Gasteiger partial charge >= 0.3 is 12.3 Å². The van der Waals surface area contributed by atoms with Crippen molar-refractivity contribution in [3.8, 4) is 5.88 Å². The molecular weight excluding hydrogens is 266 g/mol. The van der Waals surface area contributed by atoms with Gasteiger partial charge in [-0.25, -0.2) is 18.7 Å². The molecule has 0 saturated carbocycles. The van der Waals surface area contributed by atoms with E-state index < -0.39 is 19.0 Å². The number of nitrogens with zero attached hydrogens (tertiary/aromatic N) is 2. The average molecular weight is 281 g/mol. The maximum atomic E-state index is 12.8. The molecule has 8 heteroatoms. The van der Waals surface area contributed by atoms with Crippen LogP contribution in [0.1, 0.15) is 19.4 Å². The summed E-state index contributed by atoms with van der Waals surface area (Å²) >= 11 is 0. The highest BCUT2D eigenvalue weighted by molar-refractivity contribution is 5.48. The summed E-state index contributed by atoms with van der Waals surface area (Å²) in [6.07, 6.45) is -2.21. The average Bonchev–Trinajstić information content (AvgIpc) is 2.36. The van der Waals surface area contributed by atoms with E-state index in [9.17, 15) is 17.6 Å². The number of anilines is 1. The van der Waals surface area contributed by atoms with Crippen molar-refractivity contribution in [3.05, 3.63) is 11.9 Å². The number of ether oxygens (including phenoxy) is 1. The van der Waals surface area contributed by atoms with Crippen LogP contribution in [0.2, 0.25) is 0 Å². The Bertz CT molecular complexity index is 415. The molecule has 0 aromatic carbocycles. The van der Waals surface area contributed by atoms with Gasteiger partial charge in [0, 0.05) is 6.54 Å². The summed E-state index contributed by atoms with van der Waals surface area (Å²) in [4.78, 5) is 7.64. The van der Waals surface area contributed by atoms with E-state index in [2.05, 4.69) is 15.3 Å². The summed E-state index contributed by atoms with van der Waals surface area (Å²) in [5.41, 5.74) is 0.481. The molecule has 1 aromatic rings. The SMILES string of the molecule is CCNc1ncnc(OCC(F)(F)C(F)F)c1CC. The van der Waals surface area contributed by atoms with Crippen molar-refractivity contribution in [2.75, 3.05) is 18.5 Å². The molecule has 0 radical (unpaired) electrons. The fourth-order valence-electron chi connectivity index (χ4n) is 1.39. The molecule has 1 aromatic heterocycles. The van der Waals surface area contributed by atoms with Gasteiger partial charge in [0.05, 0.1) is 5.56 Å². The summed E-state index contributed by atoms with van der Waals surface area (Å²) < 4.78 is 54.3. The molecule has 0 amide bonds. The zero-order valence-corrected chi connectivity index (χ0v) is 10.6. The van der Waals surface area contributed by atoms with Crippen molar-refractivity contribution in [1.82, 2.24) is 9.97 Å². The van der Waals surface area contributed by atoms with Crippen LogP contribution in [0.25, 0.3) is 0 Å². The minimum absolute atomic E-state index is 0.103. The molecule has 4 nitrogen and oxygen atoms in total. The molecule has 0 atom stereocenters. The Kier molecular flexibility index (Phi) is 5.31. The van der Waals surface area contributed by atoms with Crippen LogP contribution in [0.3, 0.4) is 0 Å². The Morgan fingerprint density at radius 3 is 2.53 bits per heavy atom. The molecule has 1 rings (SSSR count). The second-order valence-electron chi connectivity index (χ2n) is 3.74. The van der Waals surface area contributed by atoms with Gasteiger partial charge in [0.2, 0.25) is 5.88 Å². The Morgan fingerprint density at radius 2 is 2.00 bits per heavy atom. The lowest BCUT2D eigenvalue weighted by Gasteiger charge is -2.17. The fourth-order valence-corrected chi connectivity index (χ4v) is 1.39. The number of aromatic nitrogens is 2. The number of hydrogen-bond acceptors (Lipinski definition) is 4. The number of rotatable bonds is 7. The van der Waals surface area contributed by atoms with Gasteiger partial charge in [-0.05, 0) is 13.3 Å². The summed E-state index contributed by atoms with van der Waals surface area (Å²) in [6, 6.07) is 0. The zero-order valence-electron chi connectivity index (χ0n) is 10.6. The van der Waals surface area contributed by atoms with E-state index in [1.807, 2.05) is 6.92 Å². The van der Waals surface area contributed by atoms with Gasteiger partial charge in [0.25, 0.3) is 0 Å². The third-order valence-electron chi connectivity index (χ3n) is 2.32. The van der Waals surface area contributed by atoms with Crippen molar-refractivity contribution < 1.29 is 22.3 Å². The van der Waals surface area contributed by atoms with Crippen LogP contribution < -0.4 is 10.1 Å². The van der Waals surface area contributed by atoms with Gasteiger partial charge in [0.1, 0.15) is 12.1 Å². The van der Waals surface area contributed by atoms with E-state index >= 15 is 0 Å². The fraction of sp³-hybridized carbons (Fsp3) is 0.636. The normalized spacial score (nSPS) is 11.7. The van der Waals surface area contributed by atoms with Crippen molar-refractivity contribution in [2.24, 2.45) is 0 Å². The molecule has 1 heterocycles. The Labute approximate surface area is 108 Å². The van der Waals surface area contributed by atoms with Crippen molar-refractivity contribution >= 4 is 5.82 Å². The number of alkyl halides is 4. The number of hydrogen-bond donors (Lipinski definition) is 1. The van der Waals surface area contributed by atoms with Gasteiger partial charge in [0.15, 0.2) is 6.61 Å². The minimum atomic E-state index is -4.20. The van der Waals surface area contributed by atoms with Crippen LogP contribution >= 0.6 is 0 Å². The third kappa shape index (κ3) is 3.93. The predicted molar refractivity (Wildman–Crippen MR) is 62.0 cm³/mol. The van der Waals surface area contributed by atoms with Gasteiger partial charge in [-0.2, -0.15) is 8.78 Å². The highest BCUT2D eigenvalue weighted by Gasteiger charge is 2.42. The zero-order chi connectivity index (χ0) is 14.5. The van der Waals surface area contributed by atoms with Gasteiger partial charge in [-0.3, -0.25) is 0 Å². The highest BCUT2D eigenvalue weighted by atomic mass is 19.3. The quantitative estimate of drug-likeness (QED) is 0.781. The maximum absolute atomic E-state index is 12.8. The van der Waals surface area contributed by atoms with Crippen molar-refractivity contribution in [2.45, 2.75) is 32.6 Å². The molecule has 0 aliphatic heterocycles. The lowest BCUT2D eigenvalue weighted by atomic mass is 10.2. The van der Waals surface area contributed by atoms with Crippen LogP contribution in [-0.2, 0) is 6.42 Å². The highest BCUT2D eigenvalue weighted by Crippen LogP contribution is 2.27. The molecule has 0 bridgehead atoms. The first-order valence-electron chi connectivity index (χ1n) is 5.78. The van der Waals surface area contributed by atoms with Gasteiger partial charge in [-0.15, -0.1) is 0 Å². The largest absolute Gasteiger partial charge is 0.471 e. The predicted octanol–water partition coefficient (Wildman–Crippen LogP) is 2.75. The minimum Gasteiger partial charge on any atom is -0.471 e. The topological polar surface area (TPSA) is 47.0 Å². The molecule has 1 N–H and O–H groups in total. The Hall–Kier alpha value is -1.60. The molecule has 19 heavy (non-hydrogen) atoms. The molecule has 0 fully saturated rings. The first-order chi connectivity index (χ1) is 8.92. The summed E-state index contributed by atoms with van der Waals surface area (Å²) in [6.45, 7) is 2.77. The lowest BCUT2D eigenvalue weighted by Crippen LogP contribution is -2.34.